The van der Waals surface area contributed by atoms with Gasteiger partial charge in [-0.05, 0) is 39.3 Å². The van der Waals surface area contributed by atoms with Gasteiger partial charge in [0.05, 0.1) is 17.1 Å². The summed E-state index contributed by atoms with van der Waals surface area (Å²) in [5.41, 5.74) is 4.65. The zero-order valence-corrected chi connectivity index (χ0v) is 11.4. The topological polar surface area (TPSA) is 83.6 Å². The molecule has 0 aliphatic carbocycles. The third kappa shape index (κ3) is 5.81. The third-order valence-electron chi connectivity index (χ3n) is 3.28. The second kappa shape index (κ2) is 6.13. The molecule has 1 aliphatic rings. The highest BCUT2D eigenvalue weighted by Crippen LogP contribution is 2.12. The second-order valence-electron chi connectivity index (χ2n) is 5.15. The third-order valence-corrected chi connectivity index (χ3v) is 4.99. The van der Waals surface area contributed by atoms with Crippen LogP contribution >= 0.6 is 0 Å². The van der Waals surface area contributed by atoms with Gasteiger partial charge in [-0.1, -0.05) is 0 Å². The number of rotatable bonds is 5. The van der Waals surface area contributed by atoms with Crippen molar-refractivity contribution in [2.45, 2.75) is 31.8 Å². The molecule has 0 amide bonds. The van der Waals surface area contributed by atoms with Gasteiger partial charge < -0.3 is 15.7 Å². The Balaban J connectivity index is 2.29. The number of hydrogen-bond acceptors (Lipinski definition) is 5. The van der Waals surface area contributed by atoms with Crippen LogP contribution in [0.4, 0.5) is 0 Å². The molecule has 17 heavy (non-hydrogen) atoms. The molecule has 0 aromatic heterocycles. The quantitative estimate of drug-likeness (QED) is 0.706. The molecule has 3 N–H and O–H groups in total. The molecule has 1 aliphatic heterocycles. The zero-order valence-electron chi connectivity index (χ0n) is 10.6. The maximum absolute atomic E-state index is 11.4. The number of nitrogens with two attached hydrogens (primary N) is 1. The van der Waals surface area contributed by atoms with Crippen molar-refractivity contribution in [3.8, 4) is 0 Å². The molecule has 1 heterocycles. The van der Waals surface area contributed by atoms with Crippen molar-refractivity contribution in [2.75, 3.05) is 37.7 Å². The lowest BCUT2D eigenvalue weighted by Gasteiger charge is -2.24. The van der Waals surface area contributed by atoms with E-state index in [0.717, 1.165) is 25.9 Å². The van der Waals surface area contributed by atoms with Crippen LogP contribution in [0.3, 0.4) is 0 Å². The van der Waals surface area contributed by atoms with Gasteiger partial charge in [0.25, 0.3) is 0 Å². The molecule has 0 aromatic rings. The average molecular weight is 264 g/mol. The van der Waals surface area contributed by atoms with E-state index in [1.165, 1.54) is 0 Å². The van der Waals surface area contributed by atoms with E-state index >= 15 is 0 Å². The standard InChI is InChI=1S/C11H24N2O3S/c1-11(14,10-12)4-2-5-13-6-3-8-17(15,16)9-7-13/h14H,2-10,12H2,1H3. The summed E-state index contributed by atoms with van der Waals surface area (Å²) in [6, 6.07) is 0. The van der Waals surface area contributed by atoms with Crippen molar-refractivity contribution < 1.29 is 13.5 Å². The van der Waals surface area contributed by atoms with E-state index in [-0.39, 0.29) is 12.3 Å². The first-order valence-corrected chi connectivity index (χ1v) is 8.02. The minimum absolute atomic E-state index is 0.264. The van der Waals surface area contributed by atoms with Crippen LogP contribution in [0.2, 0.25) is 0 Å². The smallest absolute Gasteiger partial charge is 0.151 e. The van der Waals surface area contributed by atoms with Crippen LogP contribution in [0.5, 0.6) is 0 Å². The van der Waals surface area contributed by atoms with Gasteiger partial charge in [0.1, 0.15) is 0 Å². The molecule has 0 spiro atoms. The maximum Gasteiger partial charge on any atom is 0.151 e. The minimum atomic E-state index is -2.82. The van der Waals surface area contributed by atoms with Crippen LogP contribution in [-0.2, 0) is 9.84 Å². The average Bonchev–Trinajstić information content (AvgIpc) is 2.40. The van der Waals surface area contributed by atoms with E-state index in [0.29, 0.717) is 18.7 Å². The summed E-state index contributed by atoms with van der Waals surface area (Å²) in [5, 5.41) is 9.75. The van der Waals surface area contributed by atoms with Crippen LogP contribution in [-0.4, -0.2) is 61.7 Å². The summed E-state index contributed by atoms with van der Waals surface area (Å²) in [5.74, 6) is 0.574. The Morgan fingerprint density at radius 2 is 2.06 bits per heavy atom. The van der Waals surface area contributed by atoms with Gasteiger partial charge in [0.15, 0.2) is 9.84 Å². The van der Waals surface area contributed by atoms with Gasteiger partial charge in [0, 0.05) is 13.1 Å². The fraction of sp³-hybridized carbons (Fsp3) is 1.00. The normalized spacial score (nSPS) is 25.1. The molecule has 0 saturated carbocycles. The molecule has 0 radical (unpaired) electrons. The molecule has 6 heteroatoms. The predicted octanol–water partition coefficient (Wildman–Crippen LogP) is -0.403. The summed E-state index contributed by atoms with van der Waals surface area (Å²) < 4.78 is 22.8. The van der Waals surface area contributed by atoms with Crippen molar-refractivity contribution >= 4 is 9.84 Å². The predicted molar refractivity (Wildman–Crippen MR) is 68.6 cm³/mol. The van der Waals surface area contributed by atoms with E-state index in [2.05, 4.69) is 4.90 Å². The first-order chi connectivity index (χ1) is 7.85. The van der Waals surface area contributed by atoms with E-state index in [1.54, 1.807) is 6.92 Å². The highest BCUT2D eigenvalue weighted by molar-refractivity contribution is 7.91. The van der Waals surface area contributed by atoms with Crippen LogP contribution in [0, 0.1) is 0 Å². The SMILES string of the molecule is CC(O)(CN)CCCN1CCCS(=O)(=O)CC1. The fourth-order valence-corrected chi connectivity index (χ4v) is 3.31. The Bertz CT molecular complexity index is 328. The first kappa shape index (κ1) is 14.9. The fourth-order valence-electron chi connectivity index (χ4n) is 2.00. The largest absolute Gasteiger partial charge is 0.389 e. The molecule has 102 valence electrons. The molecule has 1 unspecified atom stereocenters. The van der Waals surface area contributed by atoms with Crippen LogP contribution in [0.25, 0.3) is 0 Å². The van der Waals surface area contributed by atoms with Gasteiger partial charge in [0.2, 0.25) is 0 Å². The minimum Gasteiger partial charge on any atom is -0.389 e. The lowest BCUT2D eigenvalue weighted by Crippen LogP contribution is -2.36. The van der Waals surface area contributed by atoms with Crippen molar-refractivity contribution in [3.05, 3.63) is 0 Å². The van der Waals surface area contributed by atoms with E-state index in [1.807, 2.05) is 0 Å². The van der Waals surface area contributed by atoms with Crippen molar-refractivity contribution in [1.82, 2.24) is 4.90 Å². The van der Waals surface area contributed by atoms with Gasteiger partial charge in [-0.15, -0.1) is 0 Å². The maximum atomic E-state index is 11.4. The molecule has 0 aromatic carbocycles. The lowest BCUT2D eigenvalue weighted by atomic mass is 10.0. The molecule has 0 bridgehead atoms. The Morgan fingerprint density at radius 1 is 1.35 bits per heavy atom. The summed E-state index contributed by atoms with van der Waals surface area (Å²) in [4.78, 5) is 2.16. The van der Waals surface area contributed by atoms with Crippen molar-refractivity contribution in [2.24, 2.45) is 5.73 Å². The summed E-state index contributed by atoms with van der Waals surface area (Å²) in [7, 11) is -2.82. The van der Waals surface area contributed by atoms with Crippen LogP contribution in [0.1, 0.15) is 26.2 Å². The summed E-state index contributed by atoms with van der Waals surface area (Å²) in [6.45, 7) is 4.30. The molecule has 5 nitrogen and oxygen atoms in total. The van der Waals surface area contributed by atoms with E-state index in [4.69, 9.17) is 5.73 Å². The zero-order chi connectivity index (χ0) is 12.9. The van der Waals surface area contributed by atoms with Crippen LogP contribution < -0.4 is 5.73 Å². The lowest BCUT2D eigenvalue weighted by molar-refractivity contribution is 0.0546. The second-order valence-corrected chi connectivity index (χ2v) is 7.46. The van der Waals surface area contributed by atoms with Crippen molar-refractivity contribution in [3.63, 3.8) is 0 Å². The highest BCUT2D eigenvalue weighted by Gasteiger charge is 2.21. The molecular formula is C11H24N2O3S. The van der Waals surface area contributed by atoms with E-state index < -0.39 is 15.4 Å². The highest BCUT2D eigenvalue weighted by atomic mass is 32.2. The summed E-state index contributed by atoms with van der Waals surface area (Å²) in [6.07, 6.45) is 2.23. The molecular weight excluding hydrogens is 240 g/mol. The van der Waals surface area contributed by atoms with Gasteiger partial charge >= 0.3 is 0 Å². The Labute approximate surface area is 104 Å². The Hall–Kier alpha value is -0.170. The van der Waals surface area contributed by atoms with Gasteiger partial charge in [-0.3, -0.25) is 0 Å². The number of hydrogen-bond donors (Lipinski definition) is 2. The van der Waals surface area contributed by atoms with Crippen LogP contribution in [0.15, 0.2) is 0 Å². The Morgan fingerprint density at radius 3 is 2.71 bits per heavy atom. The first-order valence-electron chi connectivity index (χ1n) is 6.20. The summed E-state index contributed by atoms with van der Waals surface area (Å²) >= 11 is 0. The number of sulfone groups is 1. The molecule has 1 saturated heterocycles. The number of aliphatic hydroxyl groups is 1. The van der Waals surface area contributed by atoms with Gasteiger partial charge in [-0.2, -0.15) is 0 Å². The monoisotopic (exact) mass is 264 g/mol. The Kier molecular flexibility index (Phi) is 5.37. The molecule has 1 atom stereocenters. The molecule has 1 fully saturated rings. The van der Waals surface area contributed by atoms with Crippen molar-refractivity contribution in [1.29, 1.82) is 0 Å². The molecule has 1 rings (SSSR count). The van der Waals surface area contributed by atoms with Gasteiger partial charge in [-0.25, -0.2) is 8.42 Å². The number of nitrogens with zero attached hydrogens (tertiary/aromatic N) is 1. The van der Waals surface area contributed by atoms with E-state index in [9.17, 15) is 13.5 Å².